The Hall–Kier alpha value is -2.97. The van der Waals surface area contributed by atoms with Crippen LogP contribution in [0.3, 0.4) is 0 Å². The van der Waals surface area contributed by atoms with E-state index in [0.29, 0.717) is 11.3 Å². The number of anilines is 1. The molecule has 1 amide bonds. The van der Waals surface area contributed by atoms with Gasteiger partial charge < -0.3 is 14.2 Å². The summed E-state index contributed by atoms with van der Waals surface area (Å²) >= 11 is 0. The summed E-state index contributed by atoms with van der Waals surface area (Å²) in [5.74, 6) is -1.27. The third-order valence-corrected chi connectivity index (χ3v) is 3.93. The van der Waals surface area contributed by atoms with Gasteiger partial charge >= 0.3 is 6.09 Å². The van der Waals surface area contributed by atoms with E-state index in [-0.39, 0.29) is 5.69 Å². The molecular formula is C18H20N2O6. The van der Waals surface area contributed by atoms with Crippen LogP contribution in [0.25, 0.3) is 0 Å². The van der Waals surface area contributed by atoms with Crippen LogP contribution in [-0.4, -0.2) is 31.3 Å². The summed E-state index contributed by atoms with van der Waals surface area (Å²) < 4.78 is 16.5. The van der Waals surface area contributed by atoms with Gasteiger partial charge in [0.25, 0.3) is 5.69 Å². The average Bonchev–Trinajstić information content (AvgIpc) is 2.64. The van der Waals surface area contributed by atoms with Gasteiger partial charge in [0.1, 0.15) is 0 Å². The average molecular weight is 360 g/mol. The van der Waals surface area contributed by atoms with E-state index < -0.39 is 22.9 Å². The second kappa shape index (κ2) is 8.41. The van der Waals surface area contributed by atoms with Gasteiger partial charge in [-0.3, -0.25) is 15.4 Å². The van der Waals surface area contributed by atoms with Gasteiger partial charge in [-0.25, -0.2) is 4.79 Å². The van der Waals surface area contributed by atoms with E-state index in [2.05, 4.69) is 5.32 Å². The first-order valence-electron chi connectivity index (χ1n) is 7.81. The molecule has 0 radical (unpaired) electrons. The van der Waals surface area contributed by atoms with Crippen LogP contribution in [0.2, 0.25) is 0 Å². The summed E-state index contributed by atoms with van der Waals surface area (Å²) in [6.07, 6.45) is -1.52. The lowest BCUT2D eigenvalue weighted by Crippen LogP contribution is -2.44. The Kier molecular flexibility index (Phi) is 6.26. The molecule has 0 saturated heterocycles. The maximum absolute atomic E-state index is 12.2. The molecule has 0 bridgehead atoms. The molecular weight excluding hydrogens is 340 g/mol. The molecule has 8 heteroatoms. The molecule has 138 valence electrons. The Labute approximate surface area is 150 Å². The summed E-state index contributed by atoms with van der Waals surface area (Å²) in [6.45, 7) is 1.65. The highest BCUT2D eigenvalue weighted by Crippen LogP contribution is 2.32. The van der Waals surface area contributed by atoms with E-state index in [1.54, 1.807) is 19.1 Å². The summed E-state index contributed by atoms with van der Waals surface area (Å²) in [5, 5.41) is 13.2. The minimum absolute atomic E-state index is 0.0702. The van der Waals surface area contributed by atoms with Crippen molar-refractivity contribution in [2.45, 2.75) is 18.8 Å². The van der Waals surface area contributed by atoms with Crippen LogP contribution in [0, 0.1) is 10.1 Å². The number of benzene rings is 2. The largest absolute Gasteiger partial charge is 0.440 e. The van der Waals surface area contributed by atoms with E-state index in [4.69, 9.17) is 14.2 Å². The van der Waals surface area contributed by atoms with Crippen LogP contribution >= 0.6 is 0 Å². The van der Waals surface area contributed by atoms with Crippen molar-refractivity contribution in [3.63, 3.8) is 0 Å². The van der Waals surface area contributed by atoms with Crippen molar-refractivity contribution in [3.8, 4) is 0 Å². The van der Waals surface area contributed by atoms with Crippen molar-refractivity contribution in [1.82, 2.24) is 0 Å². The van der Waals surface area contributed by atoms with Crippen LogP contribution < -0.4 is 5.32 Å². The van der Waals surface area contributed by atoms with E-state index in [0.717, 1.165) is 0 Å². The summed E-state index contributed by atoms with van der Waals surface area (Å²) in [6, 6.07) is 14.5. The van der Waals surface area contributed by atoms with Crippen molar-refractivity contribution in [2.75, 3.05) is 19.5 Å². The third-order valence-electron chi connectivity index (χ3n) is 3.93. The highest BCUT2D eigenvalue weighted by molar-refractivity contribution is 5.84. The molecule has 2 rings (SSSR count). The highest BCUT2D eigenvalue weighted by atomic mass is 16.7. The van der Waals surface area contributed by atoms with Crippen LogP contribution in [-0.2, 0) is 20.0 Å². The smallest absolute Gasteiger partial charge is 0.412 e. The van der Waals surface area contributed by atoms with Crippen molar-refractivity contribution < 1.29 is 23.9 Å². The molecule has 0 aromatic heterocycles. The number of nitrogens with one attached hydrogen (secondary N) is 1. The highest BCUT2D eigenvalue weighted by Gasteiger charge is 2.41. The molecule has 8 nitrogen and oxygen atoms in total. The second-order valence-electron chi connectivity index (χ2n) is 5.42. The van der Waals surface area contributed by atoms with Crippen LogP contribution in [0.5, 0.6) is 0 Å². The number of rotatable bonds is 7. The fraction of sp³-hybridized carbons (Fsp3) is 0.278. The standard InChI is InChI=1S/C18H20N2O6/c1-13(18(24-2,25-3)14-7-5-4-6-8-14)26-17(21)19-15-9-11-16(12-10-15)20(22)23/h4-13H,1-3H3,(H,19,21). The van der Waals surface area contributed by atoms with Crippen molar-refractivity contribution in [1.29, 1.82) is 0 Å². The summed E-state index contributed by atoms with van der Waals surface area (Å²) in [4.78, 5) is 22.3. The molecule has 1 N–H and O–H groups in total. The van der Waals surface area contributed by atoms with Gasteiger partial charge in [0.15, 0.2) is 6.10 Å². The predicted octanol–water partition coefficient (Wildman–Crippen LogP) is 3.68. The molecule has 2 aromatic rings. The van der Waals surface area contributed by atoms with Gasteiger partial charge in [0.05, 0.1) is 4.92 Å². The first-order valence-corrected chi connectivity index (χ1v) is 7.81. The molecule has 0 aliphatic heterocycles. The van der Waals surface area contributed by atoms with Crippen LogP contribution in [0.4, 0.5) is 16.2 Å². The van der Waals surface area contributed by atoms with Gasteiger partial charge in [-0.05, 0) is 19.1 Å². The molecule has 1 unspecified atom stereocenters. The monoisotopic (exact) mass is 360 g/mol. The summed E-state index contributed by atoms with van der Waals surface area (Å²) in [7, 11) is 2.93. The zero-order chi connectivity index (χ0) is 19.2. The Morgan fingerprint density at radius 1 is 1.08 bits per heavy atom. The molecule has 0 heterocycles. The van der Waals surface area contributed by atoms with Gasteiger partial charge in [0.2, 0.25) is 5.79 Å². The maximum Gasteiger partial charge on any atom is 0.412 e. The molecule has 2 aromatic carbocycles. The number of hydrogen-bond acceptors (Lipinski definition) is 6. The van der Waals surface area contributed by atoms with Gasteiger partial charge in [-0.2, -0.15) is 0 Å². The molecule has 0 aliphatic carbocycles. The minimum atomic E-state index is -1.27. The minimum Gasteiger partial charge on any atom is -0.440 e. The van der Waals surface area contributed by atoms with Crippen LogP contribution in [0.1, 0.15) is 12.5 Å². The maximum atomic E-state index is 12.2. The Bertz CT molecular complexity index is 744. The fourth-order valence-corrected chi connectivity index (χ4v) is 2.61. The summed E-state index contributed by atoms with van der Waals surface area (Å²) in [5.41, 5.74) is 0.993. The number of non-ortho nitro benzene ring substituents is 1. The van der Waals surface area contributed by atoms with Gasteiger partial charge in [0, 0.05) is 37.6 Å². The first-order chi connectivity index (χ1) is 12.4. The number of carbonyl (C=O) groups is 1. The lowest BCUT2D eigenvalue weighted by Gasteiger charge is -2.35. The predicted molar refractivity (Wildman–Crippen MR) is 94.8 cm³/mol. The molecule has 26 heavy (non-hydrogen) atoms. The number of nitrogens with zero attached hydrogens (tertiary/aromatic N) is 1. The van der Waals surface area contributed by atoms with E-state index in [9.17, 15) is 14.9 Å². The molecule has 0 saturated carbocycles. The molecule has 0 spiro atoms. The van der Waals surface area contributed by atoms with E-state index >= 15 is 0 Å². The topological polar surface area (TPSA) is 99.9 Å². The van der Waals surface area contributed by atoms with E-state index in [1.165, 1.54) is 38.5 Å². The van der Waals surface area contributed by atoms with Crippen LogP contribution in [0.15, 0.2) is 54.6 Å². The Morgan fingerprint density at radius 3 is 2.15 bits per heavy atom. The van der Waals surface area contributed by atoms with Crippen molar-refractivity contribution in [3.05, 3.63) is 70.3 Å². The van der Waals surface area contributed by atoms with E-state index in [1.807, 2.05) is 18.2 Å². The van der Waals surface area contributed by atoms with Gasteiger partial charge in [-0.1, -0.05) is 30.3 Å². The van der Waals surface area contributed by atoms with Gasteiger partial charge in [-0.15, -0.1) is 0 Å². The number of amides is 1. The lowest BCUT2D eigenvalue weighted by molar-refractivity contribution is -0.384. The third kappa shape index (κ3) is 4.16. The van der Waals surface area contributed by atoms with Crippen molar-refractivity contribution >= 4 is 17.5 Å². The number of nitro groups is 1. The fourth-order valence-electron chi connectivity index (χ4n) is 2.61. The van der Waals surface area contributed by atoms with Crippen molar-refractivity contribution in [2.24, 2.45) is 0 Å². The molecule has 0 aliphatic rings. The quantitative estimate of drug-likeness (QED) is 0.459. The molecule has 0 fully saturated rings. The second-order valence-corrected chi connectivity index (χ2v) is 5.42. The zero-order valence-electron chi connectivity index (χ0n) is 14.7. The normalized spacial score (nSPS) is 12.3. The number of methoxy groups -OCH3 is 2. The SMILES string of the molecule is COC(OC)(c1ccccc1)C(C)OC(=O)Nc1ccc([N+](=O)[O-])cc1. The first kappa shape index (κ1) is 19.4. The number of carbonyl (C=O) groups excluding carboxylic acids is 1. The lowest BCUT2D eigenvalue weighted by atomic mass is 10.0. The zero-order valence-corrected chi connectivity index (χ0v) is 14.7. The molecule has 1 atom stereocenters. The number of hydrogen-bond donors (Lipinski definition) is 1. The Morgan fingerprint density at radius 2 is 1.65 bits per heavy atom. The number of nitro benzene ring substituents is 1. The number of ether oxygens (including phenoxy) is 3. The Balaban J connectivity index is 2.10.